The normalized spacial score (nSPS) is 21.4. The third kappa shape index (κ3) is 6.48. The summed E-state index contributed by atoms with van der Waals surface area (Å²) in [5.41, 5.74) is -3.79. The average molecular weight is 517 g/mol. The van der Waals surface area contributed by atoms with Crippen molar-refractivity contribution in [3.05, 3.63) is 70.8 Å². The molecule has 3 rings (SSSR count). The molecule has 1 saturated heterocycles. The lowest BCUT2D eigenvalue weighted by Gasteiger charge is -2.42. The standard InChI is InChI=1S/C24H25F6N3O3/c1-14(15-8-17(23(25,26)27)10-18(9-15)24(28,29)30)36-13-22(16-6-4-3-5-7-16)12-19(11-20(34)33-22)32-21(35)31-2/h3-10,14,19H,11-13H2,1-2H3,(H,33,34)(H2,31,32,35)/t14-,19?,22-/m1/s1. The molecule has 2 aromatic carbocycles. The molecule has 6 nitrogen and oxygen atoms in total. The first kappa shape index (κ1) is 27.3. The molecule has 0 aliphatic carbocycles. The first-order valence-corrected chi connectivity index (χ1v) is 11.0. The van der Waals surface area contributed by atoms with E-state index in [1.165, 1.54) is 14.0 Å². The maximum atomic E-state index is 13.3. The van der Waals surface area contributed by atoms with Crippen LogP contribution >= 0.6 is 0 Å². The van der Waals surface area contributed by atoms with Gasteiger partial charge in [0, 0.05) is 19.5 Å². The molecule has 36 heavy (non-hydrogen) atoms. The molecule has 0 bridgehead atoms. The van der Waals surface area contributed by atoms with E-state index in [4.69, 9.17) is 4.74 Å². The zero-order valence-corrected chi connectivity index (χ0v) is 19.4. The molecule has 0 spiro atoms. The third-order valence-corrected chi connectivity index (χ3v) is 5.95. The van der Waals surface area contributed by atoms with E-state index in [1.54, 1.807) is 30.3 Å². The van der Waals surface area contributed by atoms with Crippen LogP contribution in [0.5, 0.6) is 0 Å². The van der Waals surface area contributed by atoms with Gasteiger partial charge in [-0.3, -0.25) is 4.79 Å². The lowest BCUT2D eigenvalue weighted by molar-refractivity contribution is -0.143. The first-order chi connectivity index (χ1) is 16.7. The van der Waals surface area contributed by atoms with Gasteiger partial charge in [-0.2, -0.15) is 26.3 Å². The van der Waals surface area contributed by atoms with Gasteiger partial charge in [-0.05, 0) is 42.7 Å². The van der Waals surface area contributed by atoms with Crippen LogP contribution in [0.1, 0.15) is 48.1 Å². The van der Waals surface area contributed by atoms with Crippen molar-refractivity contribution in [1.82, 2.24) is 16.0 Å². The minimum atomic E-state index is -4.99. The van der Waals surface area contributed by atoms with Gasteiger partial charge in [-0.1, -0.05) is 30.3 Å². The topological polar surface area (TPSA) is 79.5 Å². The van der Waals surface area contributed by atoms with Crippen molar-refractivity contribution in [2.45, 2.75) is 49.8 Å². The monoisotopic (exact) mass is 517 g/mol. The van der Waals surface area contributed by atoms with Crippen LogP contribution in [-0.4, -0.2) is 31.6 Å². The number of carbonyl (C=O) groups excluding carboxylic acids is 2. The van der Waals surface area contributed by atoms with Gasteiger partial charge in [-0.25, -0.2) is 4.79 Å². The molecule has 0 radical (unpaired) electrons. The average Bonchev–Trinajstić information content (AvgIpc) is 2.81. The fourth-order valence-corrected chi connectivity index (χ4v) is 4.15. The number of halogens is 6. The predicted octanol–water partition coefficient (Wildman–Crippen LogP) is 4.90. The van der Waals surface area contributed by atoms with E-state index in [-0.39, 0.29) is 31.1 Å². The molecule has 3 amide bonds. The molecule has 0 aromatic heterocycles. The third-order valence-electron chi connectivity index (χ3n) is 5.95. The summed E-state index contributed by atoms with van der Waals surface area (Å²) in [6, 6.07) is 8.78. The van der Waals surface area contributed by atoms with E-state index < -0.39 is 53.1 Å². The molecule has 3 atom stereocenters. The molecular formula is C24H25F6N3O3. The number of urea groups is 1. The van der Waals surface area contributed by atoms with Crippen molar-refractivity contribution in [2.24, 2.45) is 0 Å². The molecular weight excluding hydrogens is 492 g/mol. The van der Waals surface area contributed by atoms with Crippen LogP contribution in [0.2, 0.25) is 0 Å². The largest absolute Gasteiger partial charge is 0.416 e. The van der Waals surface area contributed by atoms with E-state index in [9.17, 15) is 35.9 Å². The van der Waals surface area contributed by atoms with E-state index in [0.717, 1.165) is 0 Å². The van der Waals surface area contributed by atoms with Crippen molar-refractivity contribution in [3.63, 3.8) is 0 Å². The highest BCUT2D eigenvalue weighted by molar-refractivity contribution is 5.81. The number of carbonyl (C=O) groups is 2. The quantitative estimate of drug-likeness (QED) is 0.477. The van der Waals surface area contributed by atoms with E-state index in [0.29, 0.717) is 17.7 Å². The van der Waals surface area contributed by atoms with Crippen LogP contribution < -0.4 is 16.0 Å². The fourth-order valence-electron chi connectivity index (χ4n) is 4.15. The first-order valence-electron chi connectivity index (χ1n) is 11.0. The van der Waals surface area contributed by atoms with Gasteiger partial charge in [0.25, 0.3) is 0 Å². The molecule has 1 fully saturated rings. The lowest BCUT2D eigenvalue weighted by Crippen LogP contribution is -2.59. The van der Waals surface area contributed by atoms with Crippen molar-refractivity contribution in [3.8, 4) is 0 Å². The van der Waals surface area contributed by atoms with E-state index in [2.05, 4.69) is 16.0 Å². The highest BCUT2D eigenvalue weighted by Crippen LogP contribution is 2.39. The summed E-state index contributed by atoms with van der Waals surface area (Å²) < 4.78 is 85.5. The Hall–Kier alpha value is -3.28. The maximum Gasteiger partial charge on any atom is 0.416 e. The summed E-state index contributed by atoms with van der Waals surface area (Å²) in [5.74, 6) is -0.402. The van der Waals surface area contributed by atoms with Gasteiger partial charge in [0.15, 0.2) is 0 Å². The van der Waals surface area contributed by atoms with Gasteiger partial charge >= 0.3 is 18.4 Å². The van der Waals surface area contributed by atoms with Crippen LogP contribution in [0.15, 0.2) is 48.5 Å². The van der Waals surface area contributed by atoms with E-state index in [1.807, 2.05) is 0 Å². The Morgan fingerprint density at radius 2 is 1.67 bits per heavy atom. The summed E-state index contributed by atoms with van der Waals surface area (Å²) in [4.78, 5) is 24.4. The highest BCUT2D eigenvalue weighted by Gasteiger charge is 2.43. The zero-order chi connectivity index (χ0) is 26.7. The van der Waals surface area contributed by atoms with Gasteiger partial charge in [-0.15, -0.1) is 0 Å². The molecule has 1 heterocycles. The molecule has 2 aromatic rings. The number of alkyl halides is 6. The summed E-state index contributed by atoms with van der Waals surface area (Å²) in [7, 11) is 1.41. The number of piperidine rings is 1. The minimum absolute atomic E-state index is 0.0138. The van der Waals surface area contributed by atoms with Crippen LogP contribution in [0.25, 0.3) is 0 Å². The lowest BCUT2D eigenvalue weighted by atomic mass is 9.80. The Morgan fingerprint density at radius 3 is 2.19 bits per heavy atom. The molecule has 1 aliphatic rings. The summed E-state index contributed by atoms with van der Waals surface area (Å²) in [5, 5.41) is 7.93. The summed E-state index contributed by atoms with van der Waals surface area (Å²) in [6.07, 6.45) is -11.0. The summed E-state index contributed by atoms with van der Waals surface area (Å²) in [6.45, 7) is 1.06. The molecule has 12 heteroatoms. The second-order valence-corrected chi connectivity index (χ2v) is 8.62. The second-order valence-electron chi connectivity index (χ2n) is 8.62. The SMILES string of the molecule is CNC(=O)NC1CC(=O)N[C@](CO[C@H](C)c2cc(C(F)(F)F)cc(C(F)(F)F)c2)(c2ccccc2)C1. The van der Waals surface area contributed by atoms with Crippen LogP contribution in [0.4, 0.5) is 31.1 Å². The van der Waals surface area contributed by atoms with Gasteiger partial charge < -0.3 is 20.7 Å². The van der Waals surface area contributed by atoms with Gasteiger partial charge in [0.1, 0.15) is 0 Å². The Balaban J connectivity index is 1.93. The Labute approximate surface area is 203 Å². The maximum absolute atomic E-state index is 13.3. The van der Waals surface area contributed by atoms with Crippen molar-refractivity contribution < 1.29 is 40.7 Å². The zero-order valence-electron chi connectivity index (χ0n) is 19.4. The minimum Gasteiger partial charge on any atom is -0.371 e. The van der Waals surface area contributed by atoms with Crippen LogP contribution in [0.3, 0.4) is 0 Å². The van der Waals surface area contributed by atoms with Crippen molar-refractivity contribution in [1.29, 1.82) is 0 Å². The number of ether oxygens (including phenoxy) is 1. The van der Waals surface area contributed by atoms with Crippen molar-refractivity contribution >= 4 is 11.9 Å². The molecule has 1 unspecified atom stereocenters. The molecule has 196 valence electrons. The molecule has 3 N–H and O–H groups in total. The van der Waals surface area contributed by atoms with Crippen LogP contribution in [0, 0.1) is 0 Å². The molecule has 0 saturated carbocycles. The number of hydrogen-bond acceptors (Lipinski definition) is 3. The Kier molecular flexibility index (Phi) is 7.87. The Bertz CT molecular complexity index is 1060. The molecule has 1 aliphatic heterocycles. The Morgan fingerprint density at radius 1 is 1.08 bits per heavy atom. The fraction of sp³-hybridized carbons (Fsp3) is 0.417. The van der Waals surface area contributed by atoms with Gasteiger partial charge in [0.2, 0.25) is 5.91 Å². The number of amides is 3. The predicted molar refractivity (Wildman–Crippen MR) is 118 cm³/mol. The summed E-state index contributed by atoms with van der Waals surface area (Å²) >= 11 is 0. The van der Waals surface area contributed by atoms with Gasteiger partial charge in [0.05, 0.1) is 29.4 Å². The number of rotatable bonds is 6. The number of nitrogens with one attached hydrogen (secondary N) is 3. The number of benzene rings is 2. The smallest absolute Gasteiger partial charge is 0.371 e. The van der Waals surface area contributed by atoms with E-state index >= 15 is 0 Å². The second kappa shape index (κ2) is 10.4. The van der Waals surface area contributed by atoms with Crippen LogP contribution in [-0.2, 0) is 27.4 Å². The highest BCUT2D eigenvalue weighted by atomic mass is 19.4. The van der Waals surface area contributed by atoms with Crippen molar-refractivity contribution in [2.75, 3.05) is 13.7 Å². The number of hydrogen-bond donors (Lipinski definition) is 3.